The number of aromatic nitrogens is 1. The molecule has 2 aliphatic rings. The first kappa shape index (κ1) is 15.9. The Morgan fingerprint density at radius 2 is 2.26 bits per heavy atom. The molecular formula is C15H22N4O4. The molecule has 1 saturated heterocycles. The summed E-state index contributed by atoms with van der Waals surface area (Å²) >= 11 is 0. The normalized spacial score (nSPS) is 21.3. The Labute approximate surface area is 134 Å². The van der Waals surface area contributed by atoms with E-state index in [1.54, 1.807) is 18.9 Å². The van der Waals surface area contributed by atoms with Crippen LogP contribution in [0.1, 0.15) is 34.7 Å². The fraction of sp³-hybridized carbons (Fsp3) is 0.667. The molecule has 0 bridgehead atoms. The smallest absolute Gasteiger partial charge is 0.277 e. The SMILES string of the molecule is COCc1c(C(=O)N2CCNC[C@@H]2C(=O)NC2CC2)noc1C. The van der Waals surface area contributed by atoms with E-state index in [0.717, 1.165) is 12.8 Å². The first-order chi connectivity index (χ1) is 11.1. The number of nitrogens with zero attached hydrogens (tertiary/aromatic N) is 2. The molecule has 1 aromatic rings. The minimum Gasteiger partial charge on any atom is -0.380 e. The maximum atomic E-state index is 12.9. The zero-order valence-electron chi connectivity index (χ0n) is 13.4. The maximum Gasteiger partial charge on any atom is 0.277 e. The minimum absolute atomic E-state index is 0.110. The molecule has 126 valence electrons. The monoisotopic (exact) mass is 322 g/mol. The first-order valence-corrected chi connectivity index (χ1v) is 7.88. The van der Waals surface area contributed by atoms with E-state index >= 15 is 0 Å². The number of amides is 2. The highest BCUT2D eigenvalue weighted by Crippen LogP contribution is 2.21. The Bertz CT molecular complexity index is 596. The van der Waals surface area contributed by atoms with Crippen molar-refractivity contribution >= 4 is 11.8 Å². The predicted molar refractivity (Wildman–Crippen MR) is 80.8 cm³/mol. The highest BCUT2D eigenvalue weighted by Gasteiger charge is 2.37. The van der Waals surface area contributed by atoms with E-state index in [4.69, 9.17) is 9.26 Å². The van der Waals surface area contributed by atoms with Crippen LogP contribution in [0.4, 0.5) is 0 Å². The van der Waals surface area contributed by atoms with Gasteiger partial charge in [0.05, 0.1) is 12.2 Å². The van der Waals surface area contributed by atoms with Crippen LogP contribution in [0.2, 0.25) is 0 Å². The van der Waals surface area contributed by atoms with Gasteiger partial charge in [0.1, 0.15) is 11.8 Å². The molecule has 1 aromatic heterocycles. The fourth-order valence-corrected chi connectivity index (χ4v) is 2.72. The van der Waals surface area contributed by atoms with Crippen molar-refractivity contribution in [3.8, 4) is 0 Å². The average molecular weight is 322 g/mol. The number of nitrogens with one attached hydrogen (secondary N) is 2. The van der Waals surface area contributed by atoms with Crippen LogP contribution in [0.5, 0.6) is 0 Å². The van der Waals surface area contributed by atoms with E-state index in [1.807, 2.05) is 0 Å². The van der Waals surface area contributed by atoms with Crippen molar-refractivity contribution in [1.29, 1.82) is 0 Å². The molecular weight excluding hydrogens is 300 g/mol. The largest absolute Gasteiger partial charge is 0.380 e. The van der Waals surface area contributed by atoms with Crippen LogP contribution in [0.15, 0.2) is 4.52 Å². The van der Waals surface area contributed by atoms with Crippen molar-refractivity contribution in [2.24, 2.45) is 0 Å². The number of aryl methyl sites for hydroxylation is 1. The zero-order chi connectivity index (χ0) is 16.4. The van der Waals surface area contributed by atoms with Crippen LogP contribution < -0.4 is 10.6 Å². The number of hydrogen-bond donors (Lipinski definition) is 2. The highest BCUT2D eigenvalue weighted by molar-refractivity contribution is 5.97. The number of piperazine rings is 1. The van der Waals surface area contributed by atoms with Crippen molar-refractivity contribution < 1.29 is 18.8 Å². The molecule has 1 atom stereocenters. The molecule has 2 amide bonds. The third-order valence-electron chi connectivity index (χ3n) is 4.21. The summed E-state index contributed by atoms with van der Waals surface area (Å²) < 4.78 is 10.3. The van der Waals surface area contributed by atoms with Crippen LogP contribution in [0.25, 0.3) is 0 Å². The molecule has 8 heteroatoms. The number of rotatable bonds is 5. The van der Waals surface area contributed by atoms with E-state index < -0.39 is 6.04 Å². The van der Waals surface area contributed by atoms with Gasteiger partial charge in [-0.1, -0.05) is 5.16 Å². The van der Waals surface area contributed by atoms with Gasteiger partial charge in [-0.25, -0.2) is 0 Å². The standard InChI is InChI=1S/C15H22N4O4/c1-9-11(8-22-2)13(18-23-9)15(21)19-6-5-16-7-12(19)14(20)17-10-3-4-10/h10,12,16H,3-8H2,1-2H3,(H,17,20)/t12-/m1/s1. The van der Waals surface area contributed by atoms with Gasteiger partial charge in [-0.15, -0.1) is 0 Å². The van der Waals surface area contributed by atoms with Gasteiger partial charge < -0.3 is 24.8 Å². The molecule has 0 unspecified atom stereocenters. The van der Waals surface area contributed by atoms with Gasteiger partial charge in [0, 0.05) is 32.8 Å². The van der Waals surface area contributed by atoms with Gasteiger partial charge in [0.2, 0.25) is 5.91 Å². The van der Waals surface area contributed by atoms with Crippen molar-refractivity contribution in [1.82, 2.24) is 20.7 Å². The van der Waals surface area contributed by atoms with E-state index in [-0.39, 0.29) is 30.2 Å². The molecule has 2 heterocycles. The topological polar surface area (TPSA) is 96.7 Å². The van der Waals surface area contributed by atoms with Crippen molar-refractivity contribution in [2.75, 3.05) is 26.7 Å². The number of carbonyl (C=O) groups is 2. The zero-order valence-corrected chi connectivity index (χ0v) is 13.4. The van der Waals surface area contributed by atoms with Crippen molar-refractivity contribution in [2.45, 2.75) is 38.5 Å². The summed E-state index contributed by atoms with van der Waals surface area (Å²) in [4.78, 5) is 26.8. The number of methoxy groups -OCH3 is 1. The molecule has 1 aliphatic carbocycles. The van der Waals surface area contributed by atoms with Crippen LogP contribution in [-0.2, 0) is 16.1 Å². The lowest BCUT2D eigenvalue weighted by atomic mass is 10.1. The third kappa shape index (κ3) is 3.37. The predicted octanol–water partition coefficient (Wildman–Crippen LogP) is -0.178. The average Bonchev–Trinajstić information content (AvgIpc) is 3.30. The molecule has 1 aliphatic heterocycles. The summed E-state index contributed by atoms with van der Waals surface area (Å²) in [5.74, 6) is 0.164. The Morgan fingerprint density at radius 1 is 1.48 bits per heavy atom. The van der Waals surface area contributed by atoms with E-state index in [1.165, 1.54) is 0 Å². The molecule has 8 nitrogen and oxygen atoms in total. The van der Waals surface area contributed by atoms with E-state index in [9.17, 15) is 9.59 Å². The first-order valence-electron chi connectivity index (χ1n) is 7.88. The number of carbonyl (C=O) groups excluding carboxylic acids is 2. The number of ether oxygens (including phenoxy) is 1. The second kappa shape index (κ2) is 6.67. The maximum absolute atomic E-state index is 12.9. The van der Waals surface area contributed by atoms with Crippen LogP contribution in [-0.4, -0.2) is 60.7 Å². The van der Waals surface area contributed by atoms with Crippen LogP contribution in [0, 0.1) is 6.92 Å². The van der Waals surface area contributed by atoms with Gasteiger partial charge in [-0.3, -0.25) is 9.59 Å². The van der Waals surface area contributed by atoms with Crippen LogP contribution in [0.3, 0.4) is 0 Å². The van der Waals surface area contributed by atoms with Gasteiger partial charge >= 0.3 is 0 Å². The second-order valence-electron chi connectivity index (χ2n) is 6.00. The third-order valence-corrected chi connectivity index (χ3v) is 4.21. The molecule has 0 radical (unpaired) electrons. The Balaban J connectivity index is 1.79. The summed E-state index contributed by atoms with van der Waals surface area (Å²) in [5, 5.41) is 10.0. The lowest BCUT2D eigenvalue weighted by Gasteiger charge is -2.34. The van der Waals surface area contributed by atoms with E-state index in [2.05, 4.69) is 15.8 Å². The summed E-state index contributed by atoms with van der Waals surface area (Å²) in [6.45, 7) is 3.55. The van der Waals surface area contributed by atoms with E-state index in [0.29, 0.717) is 31.0 Å². The molecule has 0 spiro atoms. The lowest BCUT2D eigenvalue weighted by Crippen LogP contribution is -2.60. The summed E-state index contributed by atoms with van der Waals surface area (Å²) in [6.07, 6.45) is 2.03. The number of hydrogen-bond acceptors (Lipinski definition) is 6. The summed E-state index contributed by atoms with van der Waals surface area (Å²) in [5.41, 5.74) is 0.868. The van der Waals surface area contributed by atoms with Crippen molar-refractivity contribution in [3.63, 3.8) is 0 Å². The Kier molecular flexibility index (Phi) is 4.63. The summed E-state index contributed by atoms with van der Waals surface area (Å²) in [7, 11) is 1.55. The van der Waals surface area contributed by atoms with Crippen LogP contribution >= 0.6 is 0 Å². The molecule has 2 N–H and O–H groups in total. The van der Waals surface area contributed by atoms with Gasteiger partial charge in [-0.2, -0.15) is 0 Å². The Hall–Kier alpha value is -1.93. The molecule has 23 heavy (non-hydrogen) atoms. The van der Waals surface area contributed by atoms with Gasteiger partial charge in [0.25, 0.3) is 5.91 Å². The molecule has 1 saturated carbocycles. The lowest BCUT2D eigenvalue weighted by molar-refractivity contribution is -0.126. The second-order valence-corrected chi connectivity index (χ2v) is 6.00. The minimum atomic E-state index is -0.524. The Morgan fingerprint density at radius 3 is 2.96 bits per heavy atom. The molecule has 2 fully saturated rings. The fourth-order valence-electron chi connectivity index (χ4n) is 2.72. The quantitative estimate of drug-likeness (QED) is 0.781. The van der Waals surface area contributed by atoms with Crippen molar-refractivity contribution in [3.05, 3.63) is 17.0 Å². The molecule has 0 aromatic carbocycles. The van der Waals surface area contributed by atoms with Gasteiger partial charge in [-0.05, 0) is 19.8 Å². The summed E-state index contributed by atoms with van der Waals surface area (Å²) in [6, 6.07) is -0.260. The van der Waals surface area contributed by atoms with Gasteiger partial charge in [0.15, 0.2) is 5.69 Å². The molecule has 3 rings (SSSR count). The highest BCUT2D eigenvalue weighted by atomic mass is 16.5.